The molecule has 3 aromatic rings. The van der Waals surface area contributed by atoms with Crippen molar-refractivity contribution >= 4 is 28.5 Å². The van der Waals surface area contributed by atoms with Crippen LogP contribution in [0.3, 0.4) is 0 Å². The minimum atomic E-state index is -0.677. The Hall–Kier alpha value is -2.79. The van der Waals surface area contributed by atoms with Gasteiger partial charge >= 0.3 is 5.63 Å². The number of ether oxygens (including phenoxy) is 1. The van der Waals surface area contributed by atoms with Gasteiger partial charge in [0.25, 0.3) is 5.91 Å². The highest BCUT2D eigenvalue weighted by Crippen LogP contribution is 2.33. The number of hydrogen-bond donors (Lipinski definition) is 1. The number of halogens is 1. The molecule has 1 atom stereocenters. The van der Waals surface area contributed by atoms with Crippen LogP contribution in [-0.4, -0.2) is 18.1 Å². The molecule has 27 heavy (non-hydrogen) atoms. The third-order valence-electron chi connectivity index (χ3n) is 3.99. The molecule has 0 spiro atoms. The number of hydrogen-bond acceptors (Lipinski definition) is 4. The highest BCUT2D eigenvalue weighted by molar-refractivity contribution is 6.33. The van der Waals surface area contributed by atoms with Gasteiger partial charge in [-0.15, -0.1) is 0 Å². The Bertz CT molecular complexity index is 1040. The van der Waals surface area contributed by atoms with E-state index in [0.29, 0.717) is 21.9 Å². The summed E-state index contributed by atoms with van der Waals surface area (Å²) in [5.74, 6) is 0.227. The van der Waals surface area contributed by atoms with Gasteiger partial charge in [0.1, 0.15) is 11.3 Å². The number of benzene rings is 2. The largest absolute Gasteiger partial charge is 0.481 e. The predicted molar refractivity (Wildman–Crippen MR) is 106 cm³/mol. The summed E-state index contributed by atoms with van der Waals surface area (Å²) in [6, 6.07) is 13.9. The summed E-state index contributed by atoms with van der Waals surface area (Å²) < 4.78 is 11.0. The molecule has 1 unspecified atom stereocenters. The maximum absolute atomic E-state index is 12.0. The SMILES string of the molecule is CC(C)NC(=O)C(C)Oc1ccc2c(-c3ccccc3Cl)cc(=O)oc2c1. The Morgan fingerprint density at radius 3 is 2.52 bits per heavy atom. The first-order chi connectivity index (χ1) is 12.8. The van der Waals surface area contributed by atoms with Crippen LogP contribution in [0.25, 0.3) is 22.1 Å². The second kappa shape index (κ2) is 7.84. The molecule has 2 aromatic carbocycles. The summed E-state index contributed by atoms with van der Waals surface area (Å²) >= 11 is 6.29. The second-order valence-corrected chi connectivity index (χ2v) is 6.95. The molecule has 0 bridgehead atoms. The zero-order valence-corrected chi connectivity index (χ0v) is 16.0. The summed E-state index contributed by atoms with van der Waals surface area (Å²) in [6.45, 7) is 5.43. The molecule has 0 aliphatic heterocycles. The number of fused-ring (bicyclic) bond motifs is 1. The maximum Gasteiger partial charge on any atom is 0.336 e. The first-order valence-corrected chi connectivity index (χ1v) is 9.03. The molecule has 140 valence electrons. The van der Waals surface area contributed by atoms with Gasteiger partial charge in [-0.1, -0.05) is 29.8 Å². The maximum atomic E-state index is 12.0. The Balaban J connectivity index is 1.98. The fourth-order valence-corrected chi connectivity index (χ4v) is 3.02. The summed E-state index contributed by atoms with van der Waals surface area (Å²) in [6.07, 6.45) is -0.677. The fraction of sp³-hybridized carbons (Fsp3) is 0.238. The number of rotatable bonds is 5. The molecule has 0 aliphatic rings. The Morgan fingerprint density at radius 2 is 1.81 bits per heavy atom. The molecule has 5 nitrogen and oxygen atoms in total. The van der Waals surface area contributed by atoms with Crippen molar-refractivity contribution in [1.29, 1.82) is 0 Å². The molecule has 1 N–H and O–H groups in total. The molecule has 0 radical (unpaired) electrons. The molecule has 3 rings (SSSR count). The second-order valence-electron chi connectivity index (χ2n) is 6.54. The summed E-state index contributed by atoms with van der Waals surface area (Å²) in [5.41, 5.74) is 1.31. The van der Waals surface area contributed by atoms with Crippen LogP contribution in [0, 0.1) is 0 Å². The van der Waals surface area contributed by atoms with Crippen molar-refractivity contribution in [1.82, 2.24) is 5.32 Å². The van der Waals surface area contributed by atoms with E-state index in [1.54, 1.807) is 31.2 Å². The van der Waals surface area contributed by atoms with Gasteiger partial charge in [0, 0.05) is 39.7 Å². The van der Waals surface area contributed by atoms with Gasteiger partial charge in [-0.05, 0) is 39.0 Å². The van der Waals surface area contributed by atoms with E-state index in [1.165, 1.54) is 6.07 Å². The van der Waals surface area contributed by atoms with Crippen molar-refractivity contribution in [3.63, 3.8) is 0 Å². The number of nitrogens with one attached hydrogen (secondary N) is 1. The van der Waals surface area contributed by atoms with Crippen molar-refractivity contribution in [2.75, 3.05) is 0 Å². The standard InChI is InChI=1S/C21H20ClNO4/c1-12(2)23-21(25)13(3)26-14-8-9-16-17(11-20(24)27-19(16)10-14)15-6-4-5-7-18(15)22/h4-13H,1-3H3,(H,23,25). The quantitative estimate of drug-likeness (QED) is 0.661. The molecule has 1 amide bonds. The molecule has 0 aliphatic carbocycles. The van der Waals surface area contributed by atoms with Crippen LogP contribution >= 0.6 is 11.6 Å². The van der Waals surface area contributed by atoms with E-state index in [1.807, 2.05) is 32.0 Å². The Kier molecular flexibility index (Phi) is 5.51. The Labute approximate surface area is 161 Å². The number of carbonyl (C=O) groups is 1. The summed E-state index contributed by atoms with van der Waals surface area (Å²) in [4.78, 5) is 24.1. The third kappa shape index (κ3) is 4.31. The van der Waals surface area contributed by atoms with Gasteiger partial charge in [-0.25, -0.2) is 4.79 Å². The van der Waals surface area contributed by atoms with Crippen molar-refractivity contribution in [3.8, 4) is 16.9 Å². The van der Waals surface area contributed by atoms with E-state index >= 15 is 0 Å². The minimum Gasteiger partial charge on any atom is -0.481 e. The predicted octanol–water partition coefficient (Wildman–Crippen LogP) is 4.41. The van der Waals surface area contributed by atoms with Crippen LogP contribution in [0.5, 0.6) is 5.75 Å². The zero-order chi connectivity index (χ0) is 19.6. The lowest BCUT2D eigenvalue weighted by atomic mass is 10.0. The van der Waals surface area contributed by atoms with Crippen LogP contribution in [0.1, 0.15) is 20.8 Å². The summed E-state index contributed by atoms with van der Waals surface area (Å²) in [7, 11) is 0. The van der Waals surface area contributed by atoms with Crippen molar-refractivity contribution in [2.45, 2.75) is 32.9 Å². The first-order valence-electron chi connectivity index (χ1n) is 8.65. The third-order valence-corrected chi connectivity index (χ3v) is 4.32. The average Bonchev–Trinajstić information content (AvgIpc) is 2.60. The lowest BCUT2D eigenvalue weighted by Gasteiger charge is -2.17. The molecule has 0 saturated carbocycles. The van der Waals surface area contributed by atoms with E-state index in [2.05, 4.69) is 5.32 Å². The van der Waals surface area contributed by atoms with Crippen LogP contribution in [0.4, 0.5) is 0 Å². The van der Waals surface area contributed by atoms with E-state index in [-0.39, 0.29) is 11.9 Å². The van der Waals surface area contributed by atoms with Crippen LogP contribution in [-0.2, 0) is 4.79 Å². The topological polar surface area (TPSA) is 68.5 Å². The number of carbonyl (C=O) groups excluding carboxylic acids is 1. The van der Waals surface area contributed by atoms with Crippen LogP contribution in [0.15, 0.2) is 57.7 Å². The molecule has 1 heterocycles. The van der Waals surface area contributed by atoms with Crippen molar-refractivity contribution < 1.29 is 13.9 Å². The molecule has 1 aromatic heterocycles. The molecular weight excluding hydrogens is 366 g/mol. The smallest absolute Gasteiger partial charge is 0.336 e. The van der Waals surface area contributed by atoms with Crippen LogP contribution < -0.4 is 15.7 Å². The molecular formula is C21H20ClNO4. The molecule has 0 fully saturated rings. The van der Waals surface area contributed by atoms with Gasteiger partial charge in [-0.3, -0.25) is 4.79 Å². The highest BCUT2D eigenvalue weighted by atomic mass is 35.5. The Morgan fingerprint density at radius 1 is 1.07 bits per heavy atom. The van der Waals surface area contributed by atoms with Gasteiger partial charge in [-0.2, -0.15) is 0 Å². The average molecular weight is 386 g/mol. The van der Waals surface area contributed by atoms with Gasteiger partial charge in [0.05, 0.1) is 0 Å². The van der Waals surface area contributed by atoms with Crippen molar-refractivity contribution in [3.05, 3.63) is 64.0 Å². The lowest BCUT2D eigenvalue weighted by molar-refractivity contribution is -0.127. The van der Waals surface area contributed by atoms with E-state index < -0.39 is 11.7 Å². The van der Waals surface area contributed by atoms with Gasteiger partial charge in [0.2, 0.25) is 0 Å². The van der Waals surface area contributed by atoms with E-state index in [9.17, 15) is 9.59 Å². The molecule has 6 heteroatoms. The lowest BCUT2D eigenvalue weighted by Crippen LogP contribution is -2.40. The minimum absolute atomic E-state index is 0.0244. The van der Waals surface area contributed by atoms with E-state index in [0.717, 1.165) is 10.9 Å². The first kappa shape index (κ1) is 19.0. The van der Waals surface area contributed by atoms with Crippen LogP contribution in [0.2, 0.25) is 5.02 Å². The van der Waals surface area contributed by atoms with E-state index in [4.69, 9.17) is 20.8 Å². The van der Waals surface area contributed by atoms with Gasteiger partial charge < -0.3 is 14.5 Å². The zero-order valence-electron chi connectivity index (χ0n) is 15.3. The van der Waals surface area contributed by atoms with Crippen molar-refractivity contribution in [2.24, 2.45) is 0 Å². The number of amides is 1. The normalized spacial score (nSPS) is 12.2. The molecule has 0 saturated heterocycles. The monoisotopic (exact) mass is 385 g/mol. The highest BCUT2D eigenvalue weighted by Gasteiger charge is 2.17. The van der Waals surface area contributed by atoms with Gasteiger partial charge in [0.15, 0.2) is 6.10 Å². The fourth-order valence-electron chi connectivity index (χ4n) is 2.78. The summed E-state index contributed by atoms with van der Waals surface area (Å²) in [5, 5.41) is 4.07.